The highest BCUT2D eigenvalue weighted by Crippen LogP contribution is 2.19. The third-order valence-corrected chi connectivity index (χ3v) is 6.26. The Kier molecular flexibility index (Phi) is 9.80. The molecule has 3 N–H and O–H groups in total. The highest BCUT2D eigenvalue weighted by Gasteiger charge is 2.24. The molecule has 8 heteroatoms. The Morgan fingerprint density at radius 1 is 1.06 bits per heavy atom. The van der Waals surface area contributed by atoms with E-state index in [1.165, 1.54) is 24.0 Å². The van der Waals surface area contributed by atoms with Crippen molar-refractivity contribution in [3.05, 3.63) is 65.7 Å². The van der Waals surface area contributed by atoms with E-state index in [2.05, 4.69) is 85.3 Å². The van der Waals surface area contributed by atoms with Gasteiger partial charge in [0.1, 0.15) is 0 Å². The fraction of sp³-hybridized carbons (Fsp3) is 0.440. The second kappa shape index (κ2) is 12.8. The zero-order valence-corrected chi connectivity index (χ0v) is 21.6. The SMILES string of the molecule is CN=C(NCc1ccc(N2CCNC(=O)C2)cc1)NCC1CCCN1Cc1ccccc1.I. The van der Waals surface area contributed by atoms with Crippen LogP contribution in [0.4, 0.5) is 5.69 Å². The van der Waals surface area contributed by atoms with Gasteiger partial charge >= 0.3 is 0 Å². The number of halogens is 1. The van der Waals surface area contributed by atoms with E-state index in [1.807, 2.05) is 7.05 Å². The number of hydrogen-bond donors (Lipinski definition) is 3. The molecule has 2 aliphatic heterocycles. The molecule has 0 aliphatic carbocycles. The summed E-state index contributed by atoms with van der Waals surface area (Å²) in [7, 11) is 1.82. The lowest BCUT2D eigenvalue weighted by atomic mass is 10.1. The number of carbonyl (C=O) groups is 1. The maximum absolute atomic E-state index is 11.6. The number of guanidine groups is 1. The van der Waals surface area contributed by atoms with Gasteiger partial charge in [0, 0.05) is 51.5 Å². The number of nitrogens with one attached hydrogen (secondary N) is 3. The lowest BCUT2D eigenvalue weighted by molar-refractivity contribution is -0.120. The first-order valence-electron chi connectivity index (χ1n) is 11.5. The van der Waals surface area contributed by atoms with E-state index >= 15 is 0 Å². The van der Waals surface area contributed by atoms with Crippen LogP contribution in [0.1, 0.15) is 24.0 Å². The number of nitrogens with zero attached hydrogens (tertiary/aromatic N) is 3. The predicted molar refractivity (Wildman–Crippen MR) is 145 cm³/mol. The van der Waals surface area contributed by atoms with Crippen LogP contribution in [0.25, 0.3) is 0 Å². The molecule has 0 radical (unpaired) electrons. The Morgan fingerprint density at radius 3 is 2.58 bits per heavy atom. The molecular weight excluding hydrogens is 527 g/mol. The molecule has 1 amide bonds. The van der Waals surface area contributed by atoms with Crippen molar-refractivity contribution < 1.29 is 4.79 Å². The third kappa shape index (κ3) is 7.33. The summed E-state index contributed by atoms with van der Waals surface area (Å²) in [4.78, 5) is 20.7. The summed E-state index contributed by atoms with van der Waals surface area (Å²) in [5.41, 5.74) is 3.64. The van der Waals surface area contributed by atoms with Crippen molar-refractivity contribution in [1.29, 1.82) is 0 Å². The van der Waals surface area contributed by atoms with Crippen molar-refractivity contribution in [3.63, 3.8) is 0 Å². The Morgan fingerprint density at radius 2 is 1.85 bits per heavy atom. The van der Waals surface area contributed by atoms with Crippen molar-refractivity contribution >= 4 is 41.5 Å². The van der Waals surface area contributed by atoms with Crippen LogP contribution in [0.2, 0.25) is 0 Å². The molecule has 0 bridgehead atoms. The largest absolute Gasteiger partial charge is 0.360 e. The van der Waals surface area contributed by atoms with Gasteiger partial charge in [0.25, 0.3) is 0 Å². The number of amides is 1. The van der Waals surface area contributed by atoms with E-state index in [0.717, 1.165) is 37.8 Å². The molecule has 7 nitrogen and oxygen atoms in total. The molecule has 33 heavy (non-hydrogen) atoms. The molecule has 2 aromatic carbocycles. The molecule has 178 valence electrons. The Hall–Kier alpha value is -2.33. The highest BCUT2D eigenvalue weighted by molar-refractivity contribution is 14.0. The number of hydrogen-bond acceptors (Lipinski definition) is 4. The number of anilines is 1. The molecule has 2 saturated heterocycles. The van der Waals surface area contributed by atoms with Crippen LogP contribution in [-0.4, -0.2) is 62.6 Å². The van der Waals surface area contributed by atoms with Gasteiger partial charge in [-0.3, -0.25) is 14.7 Å². The molecule has 1 atom stereocenters. The van der Waals surface area contributed by atoms with Gasteiger partial charge in [-0.2, -0.15) is 0 Å². The summed E-state index contributed by atoms with van der Waals surface area (Å²) in [5.74, 6) is 0.912. The Labute approximate surface area is 214 Å². The average Bonchev–Trinajstić information content (AvgIpc) is 3.27. The van der Waals surface area contributed by atoms with Crippen molar-refractivity contribution in [2.45, 2.75) is 32.0 Å². The fourth-order valence-corrected chi connectivity index (χ4v) is 4.46. The Balaban J connectivity index is 0.00000306. The maximum Gasteiger partial charge on any atom is 0.239 e. The second-order valence-electron chi connectivity index (χ2n) is 8.50. The minimum Gasteiger partial charge on any atom is -0.360 e. The summed E-state index contributed by atoms with van der Waals surface area (Å²) in [6.45, 7) is 5.73. The summed E-state index contributed by atoms with van der Waals surface area (Å²) in [6, 6.07) is 19.6. The maximum atomic E-state index is 11.6. The fourth-order valence-electron chi connectivity index (χ4n) is 4.46. The molecular formula is C25H35IN6O. The van der Waals surface area contributed by atoms with Gasteiger partial charge < -0.3 is 20.9 Å². The number of aliphatic imine (C=N–C) groups is 1. The molecule has 1 unspecified atom stereocenters. The minimum absolute atomic E-state index is 0. The van der Waals surface area contributed by atoms with Crippen molar-refractivity contribution in [1.82, 2.24) is 20.9 Å². The standard InChI is InChI=1S/C25H34N6O.HI/c1-26-25(29-17-23-8-5-14-30(23)18-21-6-3-2-4-7-21)28-16-20-9-11-22(12-10-20)31-15-13-27-24(32)19-31;/h2-4,6-7,9-12,23H,5,8,13-19H2,1H3,(H,27,32)(H2,26,28,29);1H. The van der Waals surface area contributed by atoms with Crippen LogP contribution in [0, 0.1) is 0 Å². The highest BCUT2D eigenvalue weighted by atomic mass is 127. The van der Waals surface area contributed by atoms with Crippen LogP contribution < -0.4 is 20.9 Å². The van der Waals surface area contributed by atoms with E-state index in [-0.39, 0.29) is 29.9 Å². The molecule has 2 heterocycles. The van der Waals surface area contributed by atoms with Gasteiger partial charge in [-0.1, -0.05) is 42.5 Å². The summed E-state index contributed by atoms with van der Waals surface area (Å²) < 4.78 is 0. The first kappa shape index (κ1) is 25.3. The Bertz CT molecular complexity index is 905. The first-order chi connectivity index (χ1) is 15.7. The zero-order valence-electron chi connectivity index (χ0n) is 19.3. The lowest BCUT2D eigenvalue weighted by Gasteiger charge is -2.28. The van der Waals surface area contributed by atoms with E-state index in [9.17, 15) is 4.79 Å². The average molecular weight is 563 g/mol. The summed E-state index contributed by atoms with van der Waals surface area (Å²) >= 11 is 0. The zero-order chi connectivity index (χ0) is 22.2. The van der Waals surface area contributed by atoms with Gasteiger partial charge in [0.15, 0.2) is 5.96 Å². The van der Waals surface area contributed by atoms with Gasteiger partial charge in [-0.15, -0.1) is 24.0 Å². The second-order valence-corrected chi connectivity index (χ2v) is 8.50. The number of piperazine rings is 1. The van der Waals surface area contributed by atoms with E-state index < -0.39 is 0 Å². The first-order valence-corrected chi connectivity index (χ1v) is 11.5. The van der Waals surface area contributed by atoms with Crippen molar-refractivity contribution in [2.24, 2.45) is 4.99 Å². The van der Waals surface area contributed by atoms with Gasteiger partial charge in [-0.25, -0.2) is 0 Å². The molecule has 2 fully saturated rings. The van der Waals surface area contributed by atoms with Crippen LogP contribution in [0.3, 0.4) is 0 Å². The predicted octanol–water partition coefficient (Wildman–Crippen LogP) is 2.57. The van der Waals surface area contributed by atoms with E-state index in [0.29, 0.717) is 25.7 Å². The van der Waals surface area contributed by atoms with E-state index in [1.54, 1.807) is 0 Å². The minimum atomic E-state index is 0. The molecule has 0 aromatic heterocycles. The van der Waals surface area contributed by atoms with E-state index in [4.69, 9.17) is 0 Å². The number of benzene rings is 2. The number of rotatable bonds is 7. The smallest absolute Gasteiger partial charge is 0.239 e. The summed E-state index contributed by atoms with van der Waals surface area (Å²) in [5, 5.41) is 9.80. The monoisotopic (exact) mass is 562 g/mol. The van der Waals surface area contributed by atoms with Gasteiger partial charge in [-0.05, 0) is 42.6 Å². The number of likely N-dealkylation sites (tertiary alicyclic amines) is 1. The van der Waals surface area contributed by atoms with Crippen molar-refractivity contribution in [3.8, 4) is 0 Å². The lowest BCUT2D eigenvalue weighted by Crippen LogP contribution is -2.47. The topological polar surface area (TPSA) is 72.0 Å². The van der Waals surface area contributed by atoms with Gasteiger partial charge in [0.2, 0.25) is 5.91 Å². The summed E-state index contributed by atoms with van der Waals surface area (Å²) in [6.07, 6.45) is 2.46. The van der Waals surface area contributed by atoms with Crippen LogP contribution in [0.15, 0.2) is 59.6 Å². The molecule has 2 aromatic rings. The normalized spacial score (nSPS) is 19.1. The van der Waals surface area contributed by atoms with Crippen LogP contribution >= 0.6 is 24.0 Å². The molecule has 2 aliphatic rings. The molecule has 0 saturated carbocycles. The van der Waals surface area contributed by atoms with Crippen molar-refractivity contribution in [2.75, 3.05) is 44.7 Å². The third-order valence-electron chi connectivity index (χ3n) is 6.26. The van der Waals surface area contributed by atoms with Crippen LogP contribution in [0.5, 0.6) is 0 Å². The van der Waals surface area contributed by atoms with Gasteiger partial charge in [0.05, 0.1) is 6.54 Å². The quantitative estimate of drug-likeness (QED) is 0.275. The van der Waals surface area contributed by atoms with Crippen LogP contribution in [-0.2, 0) is 17.9 Å². The molecule has 4 rings (SSSR count). The number of carbonyl (C=O) groups excluding carboxylic acids is 1. The molecule has 0 spiro atoms.